The van der Waals surface area contributed by atoms with Crippen molar-refractivity contribution in [1.82, 2.24) is 0 Å². The molecule has 0 aliphatic heterocycles. The van der Waals surface area contributed by atoms with Crippen LogP contribution in [0.3, 0.4) is 0 Å². The zero-order chi connectivity index (χ0) is 28.2. The van der Waals surface area contributed by atoms with Crippen LogP contribution in [-0.4, -0.2) is 31.6 Å². The Morgan fingerprint density at radius 1 is 0.553 bits per heavy atom. The van der Waals surface area contributed by atoms with Gasteiger partial charge in [0.1, 0.15) is 0 Å². The largest absolute Gasteiger partial charge is 0.419 e. The first-order chi connectivity index (χ1) is 18.0. The van der Waals surface area contributed by atoms with Gasteiger partial charge in [-0.1, -0.05) is 37.8 Å². The topological polar surface area (TPSA) is 225 Å². The highest BCUT2D eigenvalue weighted by Gasteiger charge is 2.31. The summed E-state index contributed by atoms with van der Waals surface area (Å²) in [7, 11) is 0. The number of nitro benzene ring substituents is 4. The van der Waals surface area contributed by atoms with Crippen LogP contribution in [0.2, 0.25) is 0 Å². The van der Waals surface area contributed by atoms with E-state index in [4.69, 9.17) is 9.47 Å². The second-order valence-electron chi connectivity index (χ2n) is 7.85. The third kappa shape index (κ3) is 8.28. The second kappa shape index (κ2) is 13.9. The van der Waals surface area contributed by atoms with Crippen molar-refractivity contribution in [2.75, 3.05) is 0 Å². The van der Waals surface area contributed by atoms with Gasteiger partial charge in [-0.15, -0.1) is 0 Å². The Balaban J connectivity index is 1.70. The first-order valence-electron chi connectivity index (χ1n) is 11.3. The summed E-state index contributed by atoms with van der Waals surface area (Å²) in [6, 6.07) is 6.43. The van der Waals surface area contributed by atoms with E-state index in [2.05, 4.69) is 0 Å². The number of esters is 2. The summed E-state index contributed by atoms with van der Waals surface area (Å²) < 4.78 is 9.89. The third-order valence-electron chi connectivity index (χ3n) is 5.17. The van der Waals surface area contributed by atoms with Crippen LogP contribution >= 0.6 is 0 Å². The minimum Gasteiger partial charge on any atom is -0.419 e. The summed E-state index contributed by atoms with van der Waals surface area (Å²) in [6.07, 6.45) is 3.28. The van der Waals surface area contributed by atoms with Crippen LogP contribution < -0.4 is 9.47 Å². The van der Waals surface area contributed by atoms with Crippen molar-refractivity contribution in [2.24, 2.45) is 0 Å². The molecule has 16 heteroatoms. The normalized spacial score (nSPS) is 10.4. The fraction of sp³-hybridized carbons (Fsp3) is 0.364. The Kier molecular flexibility index (Phi) is 10.7. The van der Waals surface area contributed by atoms with E-state index in [0.29, 0.717) is 38.5 Å². The van der Waals surface area contributed by atoms with E-state index in [9.17, 15) is 50.0 Å². The van der Waals surface area contributed by atoms with Gasteiger partial charge in [0.25, 0.3) is 0 Å². The molecule has 0 heterocycles. The third-order valence-corrected chi connectivity index (χ3v) is 5.17. The minimum atomic E-state index is -0.985. The van der Waals surface area contributed by atoms with Gasteiger partial charge in [-0.25, -0.2) is 0 Å². The first-order valence-corrected chi connectivity index (χ1v) is 11.3. The first kappa shape index (κ1) is 29.2. The van der Waals surface area contributed by atoms with E-state index >= 15 is 0 Å². The molecule has 0 radical (unpaired) electrons. The smallest absolute Gasteiger partial charge is 0.388 e. The van der Waals surface area contributed by atoms with Gasteiger partial charge < -0.3 is 9.47 Å². The van der Waals surface area contributed by atoms with Crippen LogP contribution in [0.25, 0.3) is 0 Å². The van der Waals surface area contributed by atoms with E-state index in [1.807, 2.05) is 0 Å². The molecule has 2 aromatic rings. The van der Waals surface area contributed by atoms with Crippen LogP contribution in [-0.2, 0) is 9.59 Å². The summed E-state index contributed by atoms with van der Waals surface area (Å²) in [6.45, 7) is 0. The van der Waals surface area contributed by atoms with Gasteiger partial charge in [-0.3, -0.25) is 50.0 Å². The molecular formula is C22H22N4O12. The Morgan fingerprint density at radius 2 is 0.895 bits per heavy atom. The van der Waals surface area contributed by atoms with Gasteiger partial charge in [-0.2, -0.15) is 0 Å². The van der Waals surface area contributed by atoms with Gasteiger partial charge in [0.05, 0.1) is 19.7 Å². The van der Waals surface area contributed by atoms with Crippen molar-refractivity contribution in [3.63, 3.8) is 0 Å². The van der Waals surface area contributed by atoms with E-state index < -0.39 is 65.9 Å². The Bertz CT molecular complexity index is 1150. The molecule has 0 N–H and O–H groups in total. The minimum absolute atomic E-state index is 0.0613. The van der Waals surface area contributed by atoms with Gasteiger partial charge in [0, 0.05) is 25.0 Å². The van der Waals surface area contributed by atoms with Crippen molar-refractivity contribution in [1.29, 1.82) is 0 Å². The summed E-state index contributed by atoms with van der Waals surface area (Å²) in [5, 5.41) is 44.2. The average Bonchev–Trinajstić information content (AvgIpc) is 2.84. The van der Waals surface area contributed by atoms with E-state index in [0.717, 1.165) is 24.3 Å². The molecule has 202 valence electrons. The molecule has 0 spiro atoms. The van der Waals surface area contributed by atoms with Crippen molar-refractivity contribution in [3.8, 4) is 11.5 Å². The Morgan fingerprint density at radius 3 is 1.21 bits per heavy atom. The SMILES string of the molecule is O=C(CCCCCCCCC(=O)Oc1cccc([N+](=O)[O-])c1[N+](=O)[O-])Oc1cccc([N+](=O)[O-])c1[N+](=O)[O-]. The fourth-order valence-corrected chi connectivity index (χ4v) is 3.44. The van der Waals surface area contributed by atoms with Gasteiger partial charge >= 0.3 is 34.7 Å². The zero-order valence-electron chi connectivity index (χ0n) is 19.8. The molecule has 2 rings (SSSR count). The van der Waals surface area contributed by atoms with Crippen molar-refractivity contribution in [2.45, 2.75) is 51.4 Å². The molecule has 0 saturated heterocycles. The van der Waals surface area contributed by atoms with Gasteiger partial charge in [0.15, 0.2) is 0 Å². The predicted molar refractivity (Wildman–Crippen MR) is 128 cm³/mol. The maximum absolute atomic E-state index is 12.0. The van der Waals surface area contributed by atoms with E-state index in [1.54, 1.807) is 0 Å². The lowest BCUT2D eigenvalue weighted by Gasteiger charge is -2.06. The van der Waals surface area contributed by atoms with E-state index in [-0.39, 0.29) is 12.8 Å². The number of carbonyl (C=O) groups excluding carboxylic acids is 2. The van der Waals surface area contributed by atoms with Crippen LogP contribution in [0, 0.1) is 40.5 Å². The number of nitro groups is 4. The number of unbranched alkanes of at least 4 members (excludes halogenated alkanes) is 5. The molecule has 0 atom stereocenters. The number of hydrogen-bond donors (Lipinski definition) is 0. The number of nitrogens with zero attached hydrogens (tertiary/aromatic N) is 4. The average molecular weight is 534 g/mol. The highest BCUT2D eigenvalue weighted by atomic mass is 16.7. The van der Waals surface area contributed by atoms with Crippen LogP contribution in [0.1, 0.15) is 51.4 Å². The van der Waals surface area contributed by atoms with Crippen molar-refractivity contribution in [3.05, 3.63) is 76.9 Å². The van der Waals surface area contributed by atoms with Crippen LogP contribution in [0.4, 0.5) is 22.7 Å². The molecule has 0 aliphatic carbocycles. The summed E-state index contributed by atoms with van der Waals surface area (Å²) in [5.74, 6) is -2.55. The number of hydrogen-bond acceptors (Lipinski definition) is 12. The van der Waals surface area contributed by atoms with Crippen LogP contribution in [0.5, 0.6) is 11.5 Å². The molecule has 38 heavy (non-hydrogen) atoms. The van der Waals surface area contributed by atoms with Crippen molar-refractivity contribution < 1.29 is 38.8 Å². The molecule has 0 bridgehead atoms. The number of ether oxygens (including phenoxy) is 2. The molecule has 0 amide bonds. The molecule has 0 aliphatic rings. The lowest BCUT2D eigenvalue weighted by atomic mass is 10.1. The predicted octanol–water partition coefficient (Wildman–Crippen LogP) is 4.95. The molecule has 16 nitrogen and oxygen atoms in total. The number of para-hydroxylation sites is 2. The molecule has 0 fully saturated rings. The van der Waals surface area contributed by atoms with Gasteiger partial charge in [-0.05, 0) is 25.0 Å². The lowest BCUT2D eigenvalue weighted by molar-refractivity contribution is -0.423. The molecule has 0 saturated carbocycles. The molecule has 0 aromatic heterocycles. The van der Waals surface area contributed by atoms with Gasteiger partial charge in [0.2, 0.25) is 11.5 Å². The van der Waals surface area contributed by atoms with Crippen molar-refractivity contribution >= 4 is 34.7 Å². The maximum atomic E-state index is 12.0. The molecular weight excluding hydrogens is 512 g/mol. The fourth-order valence-electron chi connectivity index (χ4n) is 3.44. The summed E-state index contributed by atoms with van der Waals surface area (Å²) in [5.41, 5.74) is -3.37. The molecule has 2 aromatic carbocycles. The maximum Gasteiger partial charge on any atom is 0.388 e. The monoisotopic (exact) mass is 534 g/mol. The second-order valence-corrected chi connectivity index (χ2v) is 7.85. The molecule has 0 unspecified atom stereocenters. The quantitative estimate of drug-likeness (QED) is 0.0971. The standard InChI is InChI=1S/C22H22N4O12/c27-19(37-17-11-7-9-15(23(29)30)21(17)25(33)34)13-5-3-1-2-4-6-14-20(28)38-18-12-8-10-16(24(31)32)22(18)26(35)36/h7-12H,1-6,13-14H2. The highest BCUT2D eigenvalue weighted by Crippen LogP contribution is 2.37. The number of benzene rings is 2. The number of rotatable bonds is 15. The number of carbonyl (C=O) groups is 2. The Hall–Kier alpha value is -5.02. The van der Waals surface area contributed by atoms with Crippen LogP contribution in [0.15, 0.2) is 36.4 Å². The summed E-state index contributed by atoms with van der Waals surface area (Å²) in [4.78, 5) is 64.4. The lowest BCUT2D eigenvalue weighted by Crippen LogP contribution is -2.10. The van der Waals surface area contributed by atoms with E-state index in [1.165, 1.54) is 12.1 Å². The summed E-state index contributed by atoms with van der Waals surface area (Å²) >= 11 is 0. The zero-order valence-corrected chi connectivity index (χ0v) is 19.8. The highest BCUT2D eigenvalue weighted by molar-refractivity contribution is 5.76. The Labute approximate surface area is 213 Å².